The molecule has 222 valence electrons. The Balaban J connectivity index is 0.00000135. The Morgan fingerprint density at radius 1 is 0.581 bits per heavy atom. The number of hydrogen-bond donors (Lipinski definition) is 0. The van der Waals surface area contributed by atoms with E-state index >= 15 is 0 Å². The monoisotopic (exact) mass is 882 g/mol. The number of benzene rings is 3. The van der Waals surface area contributed by atoms with Gasteiger partial charge in [-0.15, -0.1) is 0 Å². The average molecular weight is 888 g/mol. The molecule has 0 amide bonds. The fourth-order valence-electron chi connectivity index (χ4n) is 4.92. The van der Waals surface area contributed by atoms with Crippen LogP contribution in [0.3, 0.4) is 0 Å². The summed E-state index contributed by atoms with van der Waals surface area (Å²) in [5.41, 5.74) is 7.61. The Morgan fingerprint density at radius 3 is 1.21 bits per heavy atom. The molecule has 9 heteroatoms. The number of rotatable bonds is 4. The molecular formula is C34H34Br4N2O2Zn. The van der Waals surface area contributed by atoms with E-state index in [1.807, 2.05) is 0 Å². The van der Waals surface area contributed by atoms with Gasteiger partial charge < -0.3 is 9.47 Å². The number of methoxy groups -OCH3 is 2. The molecule has 5 rings (SSSR count). The third-order valence-electron chi connectivity index (χ3n) is 7.30. The van der Waals surface area contributed by atoms with Gasteiger partial charge in [0.1, 0.15) is 11.5 Å². The zero-order chi connectivity index (χ0) is 31.7. The van der Waals surface area contributed by atoms with Crippen molar-refractivity contribution in [2.45, 2.75) is 52.4 Å². The maximum atomic E-state index is 5.83. The number of aromatic nitrogens is 2. The summed E-state index contributed by atoms with van der Waals surface area (Å²) in [7, 11) is 3.39. The van der Waals surface area contributed by atoms with Gasteiger partial charge in [0.2, 0.25) is 0 Å². The topological polar surface area (TPSA) is 44.2 Å². The molecule has 2 heterocycles. The summed E-state index contributed by atoms with van der Waals surface area (Å²) in [6, 6.07) is 21.2. The first kappa shape index (κ1) is 34.5. The molecule has 0 fully saturated rings. The molecule has 0 saturated carbocycles. The molecule has 0 spiro atoms. The van der Waals surface area contributed by atoms with E-state index in [0.29, 0.717) is 0 Å². The summed E-state index contributed by atoms with van der Waals surface area (Å²) in [5.74, 6) is 1.53. The molecule has 43 heavy (non-hydrogen) atoms. The fraction of sp³-hybridized carbons (Fsp3) is 0.294. The predicted molar refractivity (Wildman–Crippen MR) is 192 cm³/mol. The van der Waals surface area contributed by atoms with Crippen molar-refractivity contribution in [2.75, 3.05) is 14.2 Å². The van der Waals surface area contributed by atoms with Gasteiger partial charge in [-0.3, -0.25) is 0 Å². The van der Waals surface area contributed by atoms with Crippen molar-refractivity contribution >= 4 is 80.9 Å². The second kappa shape index (κ2) is 13.9. The van der Waals surface area contributed by atoms with E-state index < -0.39 is 0 Å². The van der Waals surface area contributed by atoms with Gasteiger partial charge in [-0.05, 0) is 90.2 Å². The second-order valence-electron chi connectivity index (χ2n) is 12.3. The number of halogens is 4. The van der Waals surface area contributed by atoms with Crippen molar-refractivity contribution in [2.24, 2.45) is 0 Å². The van der Waals surface area contributed by atoms with Crippen LogP contribution in [0.4, 0.5) is 0 Å². The van der Waals surface area contributed by atoms with Gasteiger partial charge in [-0.2, -0.15) is 0 Å². The fourth-order valence-corrected chi connectivity index (χ4v) is 6.16. The van der Waals surface area contributed by atoms with Gasteiger partial charge in [0.15, 0.2) is 0 Å². The molecule has 0 unspecified atom stereocenters. The van der Waals surface area contributed by atoms with Gasteiger partial charge in [-0.25, -0.2) is 9.97 Å². The summed E-state index contributed by atoms with van der Waals surface area (Å²) in [6.07, 6.45) is 0. The first-order valence-corrected chi connectivity index (χ1v) is 29.3. The maximum absolute atomic E-state index is 5.83. The van der Waals surface area contributed by atoms with Crippen LogP contribution in [0.5, 0.6) is 11.5 Å². The molecule has 0 bridgehead atoms. The molecule has 3 aromatic carbocycles. The van der Waals surface area contributed by atoms with Crippen molar-refractivity contribution in [3.63, 3.8) is 0 Å². The van der Waals surface area contributed by atoms with Crippen LogP contribution in [0.25, 0.3) is 44.3 Å². The van der Waals surface area contributed by atoms with E-state index in [0.717, 1.165) is 64.8 Å². The van der Waals surface area contributed by atoms with Crippen LogP contribution >= 0.6 is 59.1 Å². The SMILES string of the molecule is COc1c(Br)cc(C(C)(C)C)cc1-c1ccc2ccc3ccc(-c4cc(C(C)(C)C)cc(Br)c4OC)nc3c2n1.[Br][Zn][Br]. The summed E-state index contributed by atoms with van der Waals surface area (Å²) < 4.78 is 13.5. The summed E-state index contributed by atoms with van der Waals surface area (Å²) in [5, 5.41) is 2.06. The second-order valence-corrected chi connectivity index (χ2v) is 28.1. The first-order chi connectivity index (χ1) is 20.2. The van der Waals surface area contributed by atoms with Gasteiger partial charge in [-0.1, -0.05) is 65.8 Å². The molecule has 0 aliphatic rings. The Kier molecular flexibility index (Phi) is 11.2. The van der Waals surface area contributed by atoms with Crippen LogP contribution in [-0.2, 0) is 24.0 Å². The van der Waals surface area contributed by atoms with Crippen molar-refractivity contribution in [3.8, 4) is 34.0 Å². The van der Waals surface area contributed by atoms with E-state index in [4.69, 9.17) is 19.4 Å². The zero-order valence-corrected chi connectivity index (χ0v) is 35.0. The van der Waals surface area contributed by atoms with Gasteiger partial charge in [0.05, 0.1) is 45.6 Å². The third-order valence-corrected chi connectivity index (χ3v) is 8.48. The Morgan fingerprint density at radius 2 is 0.907 bits per heavy atom. The summed E-state index contributed by atoms with van der Waals surface area (Å²) >= 11 is 13.7. The molecule has 0 aliphatic heterocycles. The Hall–Kier alpha value is -1.38. The van der Waals surface area contributed by atoms with Crippen LogP contribution < -0.4 is 9.47 Å². The average Bonchev–Trinajstić information content (AvgIpc) is 2.95. The van der Waals surface area contributed by atoms with Gasteiger partial charge in [0, 0.05) is 21.9 Å². The van der Waals surface area contributed by atoms with Crippen LogP contribution in [0, 0.1) is 0 Å². The molecule has 0 atom stereocenters. The van der Waals surface area contributed by atoms with Crippen LogP contribution in [0.15, 0.2) is 69.6 Å². The van der Waals surface area contributed by atoms with Crippen LogP contribution in [0.2, 0.25) is 0 Å². The van der Waals surface area contributed by atoms with Crippen LogP contribution in [-0.4, -0.2) is 24.2 Å². The normalized spacial score (nSPS) is 11.6. The van der Waals surface area contributed by atoms with Crippen LogP contribution in [0.1, 0.15) is 52.7 Å². The quantitative estimate of drug-likeness (QED) is 0.133. The van der Waals surface area contributed by atoms with E-state index in [-0.39, 0.29) is 24.0 Å². The molecule has 4 nitrogen and oxygen atoms in total. The Labute approximate surface area is 292 Å². The van der Waals surface area contributed by atoms with Crippen molar-refractivity contribution in [1.82, 2.24) is 9.97 Å². The minimum absolute atomic E-state index is 0.0293. The Bertz CT molecular complexity index is 1670. The molecule has 0 radical (unpaired) electrons. The molecular weight excluding hydrogens is 853 g/mol. The van der Waals surface area contributed by atoms with Gasteiger partial charge in [0.25, 0.3) is 0 Å². The van der Waals surface area contributed by atoms with Gasteiger partial charge >= 0.3 is 40.5 Å². The third kappa shape index (κ3) is 7.54. The number of ether oxygens (including phenoxy) is 2. The van der Waals surface area contributed by atoms with Crippen molar-refractivity contribution in [1.29, 1.82) is 0 Å². The van der Waals surface area contributed by atoms with E-state index in [1.54, 1.807) is 14.2 Å². The minimum atomic E-state index is -0.250. The standard InChI is InChI=1S/C34H34Br2N2O2.2BrH.Zn/c1-33(2,3)21-15-23(31(39-7)25(35)17-21)27-13-11-19-9-10-20-12-14-28(38-30(20)29(19)37-27)24-16-22(34(4,5)6)18-26(36)32(24)40-8;;;/h9-18H,1-8H3;2*1H;/q;;;+2/p-2. The number of nitrogens with zero attached hydrogens (tertiary/aromatic N) is 2. The number of fused-ring (bicyclic) bond motifs is 3. The zero-order valence-electron chi connectivity index (χ0n) is 25.7. The van der Waals surface area contributed by atoms with Crippen molar-refractivity contribution < 1.29 is 22.7 Å². The molecule has 0 saturated heterocycles. The number of pyridine rings is 2. The molecule has 0 N–H and O–H groups in total. The number of hydrogen-bond acceptors (Lipinski definition) is 4. The molecule has 5 aromatic rings. The van der Waals surface area contributed by atoms with Crippen molar-refractivity contribution in [3.05, 3.63) is 80.7 Å². The van der Waals surface area contributed by atoms with E-state index in [2.05, 4.69) is 161 Å². The predicted octanol–water partition coefficient (Wildman–Crippen LogP) is 11.9. The summed E-state index contributed by atoms with van der Waals surface area (Å²) in [4.78, 5) is 10.4. The molecule has 0 aliphatic carbocycles. The first-order valence-electron chi connectivity index (χ1n) is 13.8. The van der Waals surface area contributed by atoms with E-state index in [1.165, 1.54) is 11.1 Å². The summed E-state index contributed by atoms with van der Waals surface area (Å²) in [6.45, 7) is 13.2. The van der Waals surface area contributed by atoms with E-state index in [9.17, 15) is 0 Å². The molecule has 2 aromatic heterocycles.